The summed E-state index contributed by atoms with van der Waals surface area (Å²) in [5, 5.41) is 14.7. The molecule has 0 spiro atoms. The monoisotopic (exact) mass is 328 g/mol. The molecule has 1 fully saturated rings. The second kappa shape index (κ2) is 7.20. The average Bonchev–Trinajstić information content (AvgIpc) is 2.61. The van der Waals surface area contributed by atoms with Crippen LogP contribution in [0.3, 0.4) is 0 Å². The van der Waals surface area contributed by atoms with Crippen LogP contribution in [0.25, 0.3) is 0 Å². The van der Waals surface area contributed by atoms with Crippen LogP contribution < -0.4 is 10.2 Å². The van der Waals surface area contributed by atoms with Gasteiger partial charge in [0.2, 0.25) is 11.6 Å². The van der Waals surface area contributed by atoms with Gasteiger partial charge in [0.1, 0.15) is 6.33 Å². The first-order valence-corrected chi connectivity index (χ1v) is 8.05. The van der Waals surface area contributed by atoms with Crippen molar-refractivity contribution in [1.29, 1.82) is 0 Å². The summed E-state index contributed by atoms with van der Waals surface area (Å²) in [6, 6.07) is 3.96. The van der Waals surface area contributed by atoms with Crippen molar-refractivity contribution in [2.75, 3.05) is 16.8 Å². The lowest BCUT2D eigenvalue weighted by Gasteiger charge is -2.33. The predicted octanol–water partition coefficient (Wildman–Crippen LogP) is 2.77. The van der Waals surface area contributed by atoms with Gasteiger partial charge in [-0.15, -0.1) is 0 Å². The van der Waals surface area contributed by atoms with Gasteiger partial charge in [-0.1, -0.05) is 6.07 Å². The van der Waals surface area contributed by atoms with Gasteiger partial charge >= 0.3 is 5.69 Å². The molecule has 0 aliphatic carbocycles. The van der Waals surface area contributed by atoms with Crippen LogP contribution >= 0.6 is 0 Å². The molecule has 2 aromatic heterocycles. The van der Waals surface area contributed by atoms with Crippen molar-refractivity contribution in [3.8, 4) is 0 Å². The van der Waals surface area contributed by atoms with Gasteiger partial charge in [0.05, 0.1) is 4.92 Å². The van der Waals surface area contributed by atoms with E-state index in [1.807, 2.05) is 17.0 Å². The van der Waals surface area contributed by atoms with Gasteiger partial charge in [-0.2, -0.15) is 0 Å². The second-order valence-corrected chi connectivity index (χ2v) is 5.90. The molecule has 3 heterocycles. The number of nitro groups is 1. The molecule has 3 rings (SSSR count). The fourth-order valence-corrected chi connectivity index (χ4v) is 2.98. The number of hydrogen-bond donors (Lipinski definition) is 1. The van der Waals surface area contributed by atoms with E-state index >= 15 is 0 Å². The van der Waals surface area contributed by atoms with E-state index in [-0.39, 0.29) is 17.5 Å². The topological polar surface area (TPSA) is 97.1 Å². The largest absolute Gasteiger partial charge is 0.360 e. The first-order valence-electron chi connectivity index (χ1n) is 8.05. The Balaban J connectivity index is 1.89. The number of piperidine rings is 1. The van der Waals surface area contributed by atoms with Crippen molar-refractivity contribution in [3.05, 3.63) is 46.5 Å². The third kappa shape index (κ3) is 3.42. The Kier molecular flexibility index (Phi) is 4.83. The third-order valence-electron chi connectivity index (χ3n) is 4.24. The minimum atomic E-state index is -0.401. The quantitative estimate of drug-likeness (QED) is 0.665. The van der Waals surface area contributed by atoms with E-state index in [1.54, 1.807) is 12.4 Å². The van der Waals surface area contributed by atoms with Crippen molar-refractivity contribution in [2.24, 2.45) is 0 Å². The number of rotatable bonds is 5. The lowest BCUT2D eigenvalue weighted by molar-refractivity contribution is -0.383. The highest BCUT2D eigenvalue weighted by atomic mass is 16.6. The van der Waals surface area contributed by atoms with Crippen molar-refractivity contribution >= 4 is 17.3 Å². The molecule has 0 bridgehead atoms. The Hall–Kier alpha value is -2.77. The van der Waals surface area contributed by atoms with Crippen LogP contribution in [0, 0.1) is 10.1 Å². The highest BCUT2D eigenvalue weighted by Crippen LogP contribution is 2.35. The zero-order chi connectivity index (χ0) is 16.9. The Morgan fingerprint density at radius 1 is 1.42 bits per heavy atom. The van der Waals surface area contributed by atoms with Crippen molar-refractivity contribution < 1.29 is 4.92 Å². The fourth-order valence-electron chi connectivity index (χ4n) is 2.98. The lowest BCUT2D eigenvalue weighted by atomic mass is 10.0. The minimum absolute atomic E-state index is 0.0601. The minimum Gasteiger partial charge on any atom is -0.360 e. The summed E-state index contributed by atoms with van der Waals surface area (Å²) in [7, 11) is 0. The van der Waals surface area contributed by atoms with Crippen LogP contribution in [-0.2, 0) is 6.54 Å². The second-order valence-electron chi connectivity index (χ2n) is 5.90. The smallest absolute Gasteiger partial charge is 0.353 e. The van der Waals surface area contributed by atoms with Gasteiger partial charge in [0, 0.05) is 31.5 Å². The van der Waals surface area contributed by atoms with E-state index in [9.17, 15) is 10.1 Å². The molecule has 0 saturated carbocycles. The molecule has 8 nitrogen and oxygen atoms in total. The Morgan fingerprint density at radius 2 is 2.29 bits per heavy atom. The van der Waals surface area contributed by atoms with E-state index in [0.29, 0.717) is 12.4 Å². The maximum atomic E-state index is 11.6. The summed E-state index contributed by atoms with van der Waals surface area (Å²) in [5.74, 6) is 0.641. The number of aromatic nitrogens is 3. The third-order valence-corrected chi connectivity index (χ3v) is 4.24. The molecule has 1 unspecified atom stereocenters. The summed E-state index contributed by atoms with van der Waals surface area (Å²) >= 11 is 0. The number of nitrogens with one attached hydrogen (secondary N) is 1. The number of pyridine rings is 1. The van der Waals surface area contributed by atoms with Crippen molar-refractivity contribution in [3.63, 3.8) is 0 Å². The molecule has 8 heteroatoms. The van der Waals surface area contributed by atoms with Gasteiger partial charge in [-0.05, 0) is 37.8 Å². The summed E-state index contributed by atoms with van der Waals surface area (Å²) in [5.41, 5.74) is 0.869. The zero-order valence-corrected chi connectivity index (χ0v) is 13.6. The van der Waals surface area contributed by atoms with Gasteiger partial charge in [-0.25, -0.2) is 9.97 Å². The highest BCUT2D eigenvalue weighted by Gasteiger charge is 2.30. The van der Waals surface area contributed by atoms with Gasteiger partial charge in [0.15, 0.2) is 0 Å². The van der Waals surface area contributed by atoms with E-state index < -0.39 is 4.92 Å². The SMILES string of the molecule is CC1CCCCN1c1ncnc(NCc2cccnc2)c1[N+](=O)[O-]. The molecule has 1 atom stereocenters. The number of hydrogen-bond acceptors (Lipinski definition) is 7. The number of anilines is 2. The Labute approximate surface area is 140 Å². The molecule has 0 radical (unpaired) electrons. The molecule has 1 N–H and O–H groups in total. The number of nitrogens with zero attached hydrogens (tertiary/aromatic N) is 5. The van der Waals surface area contributed by atoms with E-state index in [4.69, 9.17) is 0 Å². The Bertz CT molecular complexity index is 709. The maximum Gasteiger partial charge on any atom is 0.353 e. The molecule has 24 heavy (non-hydrogen) atoms. The average molecular weight is 328 g/mol. The predicted molar refractivity (Wildman–Crippen MR) is 90.9 cm³/mol. The molecule has 0 amide bonds. The van der Waals surface area contributed by atoms with Crippen LogP contribution in [0.15, 0.2) is 30.9 Å². The summed E-state index contributed by atoms with van der Waals surface area (Å²) in [4.78, 5) is 25.6. The molecule has 1 aliphatic heterocycles. The van der Waals surface area contributed by atoms with Crippen LogP contribution in [0.1, 0.15) is 31.7 Å². The highest BCUT2D eigenvalue weighted by molar-refractivity contribution is 5.70. The van der Waals surface area contributed by atoms with Gasteiger partial charge < -0.3 is 10.2 Å². The maximum absolute atomic E-state index is 11.6. The van der Waals surface area contributed by atoms with Crippen molar-refractivity contribution in [2.45, 2.75) is 38.8 Å². The standard InChI is InChI=1S/C16H20N6O2/c1-12-5-2-3-8-21(12)16-14(22(23)24)15(19-11-20-16)18-10-13-6-4-7-17-9-13/h4,6-7,9,11-12H,2-3,5,8,10H2,1H3,(H,18,19,20). The lowest BCUT2D eigenvalue weighted by Crippen LogP contribution is -2.38. The first-order chi connectivity index (χ1) is 11.7. The zero-order valence-electron chi connectivity index (χ0n) is 13.6. The molecular weight excluding hydrogens is 308 g/mol. The van der Waals surface area contributed by atoms with Crippen molar-refractivity contribution in [1.82, 2.24) is 15.0 Å². The van der Waals surface area contributed by atoms with Crippen LogP contribution in [0.2, 0.25) is 0 Å². The van der Waals surface area contributed by atoms with Gasteiger partial charge in [-0.3, -0.25) is 15.1 Å². The summed E-state index contributed by atoms with van der Waals surface area (Å²) in [6.45, 7) is 3.27. The Morgan fingerprint density at radius 3 is 3.00 bits per heavy atom. The molecular formula is C16H20N6O2. The molecule has 2 aromatic rings. The molecule has 126 valence electrons. The van der Waals surface area contributed by atoms with E-state index in [0.717, 1.165) is 31.4 Å². The van der Waals surface area contributed by atoms with Crippen LogP contribution in [0.4, 0.5) is 17.3 Å². The molecule has 1 saturated heterocycles. The fraction of sp³-hybridized carbons (Fsp3) is 0.438. The normalized spacial score (nSPS) is 17.5. The first kappa shape index (κ1) is 16.1. The summed E-state index contributed by atoms with van der Waals surface area (Å²) in [6.07, 6.45) is 7.96. The summed E-state index contributed by atoms with van der Waals surface area (Å²) < 4.78 is 0. The van der Waals surface area contributed by atoms with E-state index in [2.05, 4.69) is 27.2 Å². The van der Waals surface area contributed by atoms with Crippen LogP contribution in [0.5, 0.6) is 0 Å². The van der Waals surface area contributed by atoms with Gasteiger partial charge in [0.25, 0.3) is 0 Å². The molecule has 1 aliphatic rings. The molecule has 0 aromatic carbocycles. The van der Waals surface area contributed by atoms with E-state index in [1.165, 1.54) is 6.33 Å². The van der Waals surface area contributed by atoms with Crippen LogP contribution in [-0.4, -0.2) is 32.5 Å².